The van der Waals surface area contributed by atoms with E-state index in [-0.39, 0.29) is 5.70 Å². The summed E-state index contributed by atoms with van der Waals surface area (Å²) >= 11 is 0. The Morgan fingerprint density at radius 1 is 1.11 bits per heavy atom. The quantitative estimate of drug-likeness (QED) is 0.449. The minimum atomic E-state index is -0.535. The number of benzene rings is 2. The summed E-state index contributed by atoms with van der Waals surface area (Å²) in [6, 6.07) is 12.9. The number of nitrogens with one attached hydrogen (secondary N) is 2. The van der Waals surface area contributed by atoms with Crippen molar-refractivity contribution in [1.29, 1.82) is 0 Å². The molecule has 6 heteroatoms. The van der Waals surface area contributed by atoms with Crippen LogP contribution in [0.4, 0.5) is 4.79 Å². The van der Waals surface area contributed by atoms with E-state index in [2.05, 4.69) is 17.2 Å². The summed E-state index contributed by atoms with van der Waals surface area (Å²) in [5.41, 5.74) is 2.81. The van der Waals surface area contributed by atoms with Crippen LogP contribution in [0.2, 0.25) is 0 Å². The first kappa shape index (κ1) is 18.3. The van der Waals surface area contributed by atoms with Gasteiger partial charge in [0.2, 0.25) is 0 Å². The molecule has 0 spiro atoms. The molecule has 0 atom stereocenters. The molecule has 1 aliphatic rings. The van der Waals surface area contributed by atoms with Crippen molar-refractivity contribution in [3.05, 3.63) is 77.5 Å². The van der Waals surface area contributed by atoms with E-state index in [1.165, 1.54) is 0 Å². The molecule has 138 valence electrons. The molecule has 2 N–H and O–H groups in total. The Morgan fingerprint density at radius 2 is 1.89 bits per heavy atom. The first-order valence-electron chi connectivity index (χ1n) is 8.43. The normalized spacial score (nSPS) is 14.6. The number of imide groups is 1. The second kappa shape index (κ2) is 8.23. The molecule has 1 saturated heterocycles. The van der Waals surface area contributed by atoms with Crippen LogP contribution in [0.3, 0.4) is 0 Å². The summed E-state index contributed by atoms with van der Waals surface area (Å²) in [5.74, 6) is 0.707. The number of ether oxygens (including phenoxy) is 2. The van der Waals surface area contributed by atoms with Gasteiger partial charge in [0, 0.05) is 5.56 Å². The predicted octanol–water partition coefficient (Wildman–Crippen LogP) is 3.18. The maximum Gasteiger partial charge on any atom is 0.326 e. The lowest BCUT2D eigenvalue weighted by Gasteiger charge is -2.16. The lowest BCUT2D eigenvalue weighted by Crippen LogP contribution is -2.22. The Hall–Kier alpha value is -3.54. The van der Waals surface area contributed by atoms with Crippen molar-refractivity contribution in [2.75, 3.05) is 7.11 Å². The summed E-state index contributed by atoms with van der Waals surface area (Å²) in [6.07, 6.45) is 3.93. The third-order valence-electron chi connectivity index (χ3n) is 4.00. The van der Waals surface area contributed by atoms with Crippen molar-refractivity contribution in [3.8, 4) is 11.5 Å². The summed E-state index contributed by atoms with van der Waals surface area (Å²) in [7, 11) is 1.56. The number of hydrogen-bond donors (Lipinski definition) is 2. The number of carbonyl (C=O) groups excluding carboxylic acids is 2. The lowest BCUT2D eigenvalue weighted by molar-refractivity contribution is -0.115. The fraction of sp³-hybridized carbons (Fsp3) is 0.143. The predicted molar refractivity (Wildman–Crippen MR) is 102 cm³/mol. The number of hydrogen-bond acceptors (Lipinski definition) is 4. The van der Waals surface area contributed by atoms with Gasteiger partial charge in [0.25, 0.3) is 5.91 Å². The van der Waals surface area contributed by atoms with E-state index in [1.54, 1.807) is 25.3 Å². The topological polar surface area (TPSA) is 76.7 Å². The molecule has 3 rings (SSSR count). The van der Waals surface area contributed by atoms with E-state index >= 15 is 0 Å². The van der Waals surface area contributed by atoms with E-state index in [1.807, 2.05) is 36.4 Å². The number of allylic oxidation sites excluding steroid dienone is 1. The molecular formula is C21H20N2O4. The first-order chi connectivity index (χ1) is 13.1. The van der Waals surface area contributed by atoms with Crippen LogP contribution < -0.4 is 20.1 Å². The molecule has 0 aromatic heterocycles. The van der Waals surface area contributed by atoms with Crippen molar-refractivity contribution in [3.63, 3.8) is 0 Å². The number of methoxy groups -OCH3 is 1. The number of urea groups is 1. The molecule has 27 heavy (non-hydrogen) atoms. The SMILES string of the molecule is C=CCc1cc(/C=C2/NC(=O)NC2=O)cc(OC)c1OCc1ccccc1. The smallest absolute Gasteiger partial charge is 0.326 e. The van der Waals surface area contributed by atoms with Crippen molar-refractivity contribution in [1.82, 2.24) is 10.6 Å². The van der Waals surface area contributed by atoms with Crippen LogP contribution in [0.5, 0.6) is 11.5 Å². The Morgan fingerprint density at radius 3 is 2.52 bits per heavy atom. The highest BCUT2D eigenvalue weighted by molar-refractivity contribution is 6.14. The number of amides is 3. The maximum atomic E-state index is 11.7. The zero-order chi connectivity index (χ0) is 19.2. The van der Waals surface area contributed by atoms with Gasteiger partial charge in [-0.25, -0.2) is 4.79 Å². The van der Waals surface area contributed by atoms with Crippen LogP contribution >= 0.6 is 0 Å². The standard InChI is InChI=1S/C21H20N2O4/c1-3-7-16-10-15(11-17-20(24)23-21(25)22-17)12-18(26-2)19(16)27-13-14-8-5-4-6-9-14/h3-6,8-12H,1,7,13H2,2H3,(H2,22,23,24,25)/b17-11+. The van der Waals surface area contributed by atoms with E-state index in [0.717, 1.165) is 11.1 Å². The van der Waals surface area contributed by atoms with Gasteiger partial charge in [-0.3, -0.25) is 10.1 Å². The minimum Gasteiger partial charge on any atom is -0.493 e. The molecule has 1 fully saturated rings. The highest BCUT2D eigenvalue weighted by Crippen LogP contribution is 2.35. The minimum absolute atomic E-state index is 0.185. The summed E-state index contributed by atoms with van der Waals surface area (Å²) in [4.78, 5) is 23.0. The lowest BCUT2D eigenvalue weighted by atomic mass is 10.0. The van der Waals surface area contributed by atoms with E-state index < -0.39 is 11.9 Å². The molecule has 0 unspecified atom stereocenters. The van der Waals surface area contributed by atoms with E-state index in [9.17, 15) is 9.59 Å². The Labute approximate surface area is 157 Å². The molecule has 6 nitrogen and oxygen atoms in total. The first-order valence-corrected chi connectivity index (χ1v) is 8.43. The fourth-order valence-corrected chi connectivity index (χ4v) is 2.77. The van der Waals surface area contributed by atoms with Crippen LogP contribution in [0.25, 0.3) is 6.08 Å². The molecular weight excluding hydrogens is 344 g/mol. The zero-order valence-electron chi connectivity index (χ0n) is 15.0. The fourth-order valence-electron chi connectivity index (χ4n) is 2.77. The average molecular weight is 364 g/mol. The van der Waals surface area contributed by atoms with Crippen molar-refractivity contribution in [2.24, 2.45) is 0 Å². The maximum absolute atomic E-state index is 11.7. The molecule has 2 aromatic rings. The average Bonchev–Trinajstić information content (AvgIpc) is 2.98. The zero-order valence-corrected chi connectivity index (χ0v) is 15.0. The summed E-state index contributed by atoms with van der Waals surface area (Å²) in [6.45, 7) is 4.20. The van der Waals surface area contributed by atoms with Gasteiger partial charge < -0.3 is 14.8 Å². The van der Waals surface area contributed by atoms with Crippen molar-refractivity contribution >= 4 is 18.0 Å². The van der Waals surface area contributed by atoms with Crippen LogP contribution in [0.15, 0.2) is 60.8 Å². The molecule has 0 radical (unpaired) electrons. The van der Waals surface area contributed by atoms with Crippen LogP contribution in [-0.4, -0.2) is 19.0 Å². The largest absolute Gasteiger partial charge is 0.493 e. The summed E-state index contributed by atoms with van der Waals surface area (Å²) in [5, 5.41) is 4.65. The Balaban J connectivity index is 1.93. The van der Waals surface area contributed by atoms with Crippen LogP contribution in [0, 0.1) is 0 Å². The van der Waals surface area contributed by atoms with Gasteiger partial charge in [-0.1, -0.05) is 36.4 Å². The van der Waals surface area contributed by atoms with Crippen molar-refractivity contribution < 1.29 is 19.1 Å². The van der Waals surface area contributed by atoms with Crippen LogP contribution in [-0.2, 0) is 17.8 Å². The summed E-state index contributed by atoms with van der Waals surface area (Å²) < 4.78 is 11.5. The van der Waals surface area contributed by atoms with Gasteiger partial charge in [0.05, 0.1) is 7.11 Å². The molecule has 2 aromatic carbocycles. The van der Waals surface area contributed by atoms with Crippen LogP contribution in [0.1, 0.15) is 16.7 Å². The van der Waals surface area contributed by atoms with E-state index in [4.69, 9.17) is 9.47 Å². The van der Waals surface area contributed by atoms with Gasteiger partial charge in [-0.2, -0.15) is 0 Å². The highest BCUT2D eigenvalue weighted by Gasteiger charge is 2.23. The van der Waals surface area contributed by atoms with Gasteiger partial charge >= 0.3 is 6.03 Å². The molecule has 1 heterocycles. The second-order valence-electron chi connectivity index (χ2n) is 5.94. The monoisotopic (exact) mass is 364 g/mol. The molecule has 3 amide bonds. The number of carbonyl (C=O) groups is 2. The van der Waals surface area contributed by atoms with Gasteiger partial charge in [0.15, 0.2) is 11.5 Å². The Kier molecular flexibility index (Phi) is 5.56. The molecule has 0 saturated carbocycles. The number of rotatable bonds is 7. The molecule has 0 bridgehead atoms. The van der Waals surface area contributed by atoms with E-state index in [0.29, 0.717) is 30.1 Å². The third-order valence-corrected chi connectivity index (χ3v) is 4.00. The molecule has 1 aliphatic heterocycles. The van der Waals surface area contributed by atoms with Gasteiger partial charge in [-0.05, 0) is 35.8 Å². The third kappa shape index (κ3) is 4.36. The second-order valence-corrected chi connectivity index (χ2v) is 5.94. The molecule has 0 aliphatic carbocycles. The van der Waals surface area contributed by atoms with Gasteiger partial charge in [0.1, 0.15) is 12.3 Å². The van der Waals surface area contributed by atoms with Crippen molar-refractivity contribution in [2.45, 2.75) is 13.0 Å². The highest BCUT2D eigenvalue weighted by atomic mass is 16.5. The Bertz CT molecular complexity index is 904. The van der Waals surface area contributed by atoms with Gasteiger partial charge in [-0.15, -0.1) is 6.58 Å².